The summed E-state index contributed by atoms with van der Waals surface area (Å²) < 4.78 is 5.25. The molecule has 0 radical (unpaired) electrons. The van der Waals surface area contributed by atoms with Crippen LogP contribution >= 0.6 is 0 Å². The van der Waals surface area contributed by atoms with E-state index >= 15 is 0 Å². The summed E-state index contributed by atoms with van der Waals surface area (Å²) in [4.78, 5) is 6.15. The number of pyridine rings is 1. The summed E-state index contributed by atoms with van der Waals surface area (Å²) in [6.07, 6.45) is 1.64. The van der Waals surface area contributed by atoms with Crippen LogP contribution in [0.2, 0.25) is 0 Å². The number of hydrogen-bond acceptors (Lipinski definition) is 4. The van der Waals surface area contributed by atoms with Gasteiger partial charge in [0.05, 0.1) is 18.2 Å². The lowest BCUT2D eigenvalue weighted by Gasteiger charge is -2.17. The van der Waals surface area contributed by atoms with Crippen molar-refractivity contribution in [2.75, 3.05) is 31.7 Å². The lowest BCUT2D eigenvalue weighted by atomic mass is 10.3. The van der Waals surface area contributed by atoms with Gasteiger partial charge in [-0.15, -0.1) is 0 Å². The molecule has 0 fully saturated rings. The Balaban J connectivity index is 2.57. The molecule has 0 aliphatic carbocycles. The highest BCUT2D eigenvalue weighted by Gasteiger charge is 2.02. The monoisotopic (exact) mass is 205 g/mol. The minimum absolute atomic E-state index is 0.628. The van der Waals surface area contributed by atoms with Crippen molar-refractivity contribution in [2.45, 2.75) is 6.92 Å². The molecule has 0 aliphatic rings. The van der Waals surface area contributed by atoms with Crippen molar-refractivity contribution in [3.8, 4) is 6.07 Å². The van der Waals surface area contributed by atoms with Crippen LogP contribution in [0.3, 0.4) is 0 Å². The minimum Gasteiger partial charge on any atom is -0.380 e. The quantitative estimate of drug-likeness (QED) is 0.682. The molecule has 1 aromatic rings. The molecule has 0 saturated heterocycles. The van der Waals surface area contributed by atoms with Crippen LogP contribution in [0.5, 0.6) is 0 Å². The van der Waals surface area contributed by atoms with Gasteiger partial charge < -0.3 is 9.64 Å². The minimum atomic E-state index is 0.628. The van der Waals surface area contributed by atoms with Crippen LogP contribution in [0.15, 0.2) is 18.3 Å². The Bertz CT molecular complexity index is 346. The Kier molecular flexibility index (Phi) is 4.58. The van der Waals surface area contributed by atoms with Crippen molar-refractivity contribution < 1.29 is 4.74 Å². The fourth-order valence-corrected chi connectivity index (χ4v) is 1.16. The summed E-state index contributed by atoms with van der Waals surface area (Å²) in [5.41, 5.74) is 0.628. The second kappa shape index (κ2) is 5.99. The van der Waals surface area contributed by atoms with Crippen LogP contribution in [-0.4, -0.2) is 31.8 Å². The van der Waals surface area contributed by atoms with Gasteiger partial charge in [-0.25, -0.2) is 4.98 Å². The third-order valence-electron chi connectivity index (χ3n) is 2.04. The van der Waals surface area contributed by atoms with E-state index in [1.165, 1.54) is 0 Å². The first kappa shape index (κ1) is 11.5. The van der Waals surface area contributed by atoms with Crippen LogP contribution in [0, 0.1) is 11.3 Å². The van der Waals surface area contributed by atoms with Gasteiger partial charge in [-0.05, 0) is 19.1 Å². The first-order valence-corrected chi connectivity index (χ1v) is 4.93. The highest BCUT2D eigenvalue weighted by Crippen LogP contribution is 2.09. The predicted molar refractivity (Wildman–Crippen MR) is 58.7 cm³/mol. The van der Waals surface area contributed by atoms with Gasteiger partial charge in [0.15, 0.2) is 0 Å². The molecule has 0 unspecified atom stereocenters. The van der Waals surface area contributed by atoms with Gasteiger partial charge >= 0.3 is 0 Å². The molecule has 0 aromatic carbocycles. The van der Waals surface area contributed by atoms with Crippen LogP contribution in [0.4, 0.5) is 5.82 Å². The Labute approximate surface area is 90.1 Å². The highest BCUT2D eigenvalue weighted by molar-refractivity contribution is 5.44. The number of ether oxygens (including phenoxy) is 1. The topological polar surface area (TPSA) is 49.1 Å². The second-order valence-electron chi connectivity index (χ2n) is 3.13. The van der Waals surface area contributed by atoms with Crippen molar-refractivity contribution in [1.82, 2.24) is 4.98 Å². The maximum atomic E-state index is 8.74. The van der Waals surface area contributed by atoms with Gasteiger partial charge in [0, 0.05) is 26.4 Å². The van der Waals surface area contributed by atoms with E-state index in [1.807, 2.05) is 18.9 Å². The number of rotatable bonds is 5. The fourth-order valence-electron chi connectivity index (χ4n) is 1.16. The predicted octanol–water partition coefficient (Wildman–Crippen LogP) is 1.43. The SMILES string of the molecule is CCOCCN(C)c1cc(C#N)ccn1. The molecule has 80 valence electrons. The molecule has 1 aromatic heterocycles. The molecule has 4 heteroatoms. The molecular formula is C11H15N3O. The van der Waals surface area contributed by atoms with Crippen LogP contribution in [0.25, 0.3) is 0 Å². The third-order valence-corrected chi connectivity index (χ3v) is 2.04. The first-order valence-electron chi connectivity index (χ1n) is 4.93. The van der Waals surface area contributed by atoms with Gasteiger partial charge in [0.1, 0.15) is 5.82 Å². The van der Waals surface area contributed by atoms with Crippen LogP contribution in [0.1, 0.15) is 12.5 Å². The van der Waals surface area contributed by atoms with Gasteiger partial charge in [-0.2, -0.15) is 5.26 Å². The van der Waals surface area contributed by atoms with Crippen molar-refractivity contribution >= 4 is 5.82 Å². The van der Waals surface area contributed by atoms with Crippen LogP contribution in [-0.2, 0) is 4.74 Å². The maximum Gasteiger partial charge on any atom is 0.129 e. The van der Waals surface area contributed by atoms with E-state index in [0.717, 1.165) is 19.0 Å². The van der Waals surface area contributed by atoms with Crippen molar-refractivity contribution in [1.29, 1.82) is 5.26 Å². The summed E-state index contributed by atoms with van der Waals surface area (Å²) in [5, 5.41) is 8.74. The Hall–Kier alpha value is -1.60. The van der Waals surface area contributed by atoms with E-state index in [0.29, 0.717) is 12.2 Å². The van der Waals surface area contributed by atoms with Crippen molar-refractivity contribution in [3.63, 3.8) is 0 Å². The Morgan fingerprint density at radius 1 is 1.60 bits per heavy atom. The second-order valence-corrected chi connectivity index (χ2v) is 3.13. The van der Waals surface area contributed by atoms with Gasteiger partial charge in [-0.1, -0.05) is 0 Å². The number of likely N-dealkylation sites (N-methyl/N-ethyl adjacent to an activating group) is 1. The van der Waals surface area contributed by atoms with Gasteiger partial charge in [-0.3, -0.25) is 0 Å². The molecule has 0 spiro atoms. The van der Waals surface area contributed by atoms with Crippen LogP contribution < -0.4 is 4.90 Å². The summed E-state index contributed by atoms with van der Waals surface area (Å²) >= 11 is 0. The molecule has 1 rings (SSSR count). The molecule has 0 bridgehead atoms. The molecule has 0 atom stereocenters. The van der Waals surface area contributed by atoms with Crippen molar-refractivity contribution in [3.05, 3.63) is 23.9 Å². The number of hydrogen-bond donors (Lipinski definition) is 0. The maximum absolute atomic E-state index is 8.74. The van der Waals surface area contributed by atoms with E-state index in [4.69, 9.17) is 10.00 Å². The van der Waals surface area contributed by atoms with Crippen molar-refractivity contribution in [2.24, 2.45) is 0 Å². The summed E-state index contributed by atoms with van der Waals surface area (Å²) in [7, 11) is 1.93. The largest absolute Gasteiger partial charge is 0.380 e. The zero-order valence-corrected chi connectivity index (χ0v) is 9.10. The van der Waals surface area contributed by atoms with E-state index in [-0.39, 0.29) is 0 Å². The fraction of sp³-hybridized carbons (Fsp3) is 0.455. The van der Waals surface area contributed by atoms with E-state index in [2.05, 4.69) is 11.1 Å². The highest BCUT2D eigenvalue weighted by atomic mass is 16.5. The molecular weight excluding hydrogens is 190 g/mol. The average Bonchev–Trinajstić information content (AvgIpc) is 2.29. The summed E-state index contributed by atoms with van der Waals surface area (Å²) in [6, 6.07) is 5.56. The Morgan fingerprint density at radius 2 is 2.40 bits per heavy atom. The number of nitriles is 1. The van der Waals surface area contributed by atoms with Gasteiger partial charge in [0.25, 0.3) is 0 Å². The smallest absolute Gasteiger partial charge is 0.129 e. The molecule has 0 saturated carbocycles. The molecule has 1 heterocycles. The lowest BCUT2D eigenvalue weighted by Crippen LogP contribution is -2.23. The molecule has 4 nitrogen and oxygen atoms in total. The van der Waals surface area contributed by atoms with E-state index in [1.54, 1.807) is 18.3 Å². The third kappa shape index (κ3) is 3.56. The number of aromatic nitrogens is 1. The Morgan fingerprint density at radius 3 is 3.07 bits per heavy atom. The summed E-state index contributed by atoms with van der Waals surface area (Å²) in [5.74, 6) is 0.800. The number of anilines is 1. The summed E-state index contributed by atoms with van der Waals surface area (Å²) in [6.45, 7) is 4.13. The zero-order valence-electron chi connectivity index (χ0n) is 9.10. The molecule has 15 heavy (non-hydrogen) atoms. The lowest BCUT2D eigenvalue weighted by molar-refractivity contribution is 0.154. The molecule has 0 aliphatic heterocycles. The zero-order chi connectivity index (χ0) is 11.1. The first-order chi connectivity index (χ1) is 7.27. The number of nitrogens with zero attached hydrogens (tertiary/aromatic N) is 3. The van der Waals surface area contributed by atoms with Gasteiger partial charge in [0.2, 0.25) is 0 Å². The molecule has 0 N–H and O–H groups in total. The normalized spacial score (nSPS) is 9.67. The average molecular weight is 205 g/mol. The van der Waals surface area contributed by atoms with E-state index in [9.17, 15) is 0 Å². The molecule has 0 amide bonds. The standard InChI is InChI=1S/C11H15N3O/c1-3-15-7-6-14(2)11-8-10(9-12)4-5-13-11/h4-5,8H,3,6-7H2,1-2H3. The van der Waals surface area contributed by atoms with E-state index < -0.39 is 0 Å².